The molecule has 0 aromatic heterocycles. The predicted molar refractivity (Wildman–Crippen MR) is 121 cm³/mol. The van der Waals surface area contributed by atoms with Gasteiger partial charge in [-0.05, 0) is 66.8 Å². The zero-order valence-corrected chi connectivity index (χ0v) is 17.7. The normalized spacial score (nSPS) is 20.7. The van der Waals surface area contributed by atoms with Crippen LogP contribution < -0.4 is 10.6 Å². The van der Waals surface area contributed by atoms with Crippen molar-refractivity contribution in [3.63, 3.8) is 0 Å². The van der Waals surface area contributed by atoms with Gasteiger partial charge in [-0.25, -0.2) is 0 Å². The lowest BCUT2D eigenvalue weighted by Gasteiger charge is -2.36. The van der Waals surface area contributed by atoms with Crippen LogP contribution >= 0.6 is 0 Å². The van der Waals surface area contributed by atoms with Crippen molar-refractivity contribution in [1.29, 1.82) is 0 Å². The number of hydrogen-bond donors (Lipinski definition) is 7. The molecule has 9 heteroatoms. The standard InChI is InChI=1S/C24H26N2O7/c27-17-8-4-14(12-20(17)30)6-10-22(32)25-16-2-1-3-19(29)24(16)26-23(33)11-7-15-5-9-18(28)21(31)13-15/h4-13,16,19,24,27-31H,1-3H2,(H,25,32)(H,26,33)/t16-,19-,24-/m0/s1. The molecule has 2 aromatic carbocycles. The van der Waals surface area contributed by atoms with Crippen LogP contribution in [0.15, 0.2) is 48.6 Å². The van der Waals surface area contributed by atoms with Gasteiger partial charge in [0.2, 0.25) is 11.8 Å². The van der Waals surface area contributed by atoms with Gasteiger partial charge in [0, 0.05) is 12.2 Å². The molecule has 174 valence electrons. The number of hydrogen-bond acceptors (Lipinski definition) is 7. The van der Waals surface area contributed by atoms with Gasteiger partial charge < -0.3 is 36.2 Å². The Morgan fingerprint density at radius 2 is 1.27 bits per heavy atom. The van der Waals surface area contributed by atoms with Gasteiger partial charge in [0.15, 0.2) is 23.0 Å². The molecule has 0 saturated heterocycles. The third kappa shape index (κ3) is 6.50. The average molecular weight is 454 g/mol. The lowest BCUT2D eigenvalue weighted by molar-refractivity contribution is -0.121. The van der Waals surface area contributed by atoms with Crippen molar-refractivity contribution in [2.24, 2.45) is 0 Å². The van der Waals surface area contributed by atoms with E-state index >= 15 is 0 Å². The van der Waals surface area contributed by atoms with Crippen molar-refractivity contribution in [2.45, 2.75) is 37.5 Å². The second-order valence-electron chi connectivity index (χ2n) is 7.81. The number of amides is 2. The molecule has 1 saturated carbocycles. The smallest absolute Gasteiger partial charge is 0.244 e. The summed E-state index contributed by atoms with van der Waals surface area (Å²) in [7, 11) is 0. The molecular weight excluding hydrogens is 428 g/mol. The molecular formula is C24H26N2O7. The minimum atomic E-state index is -0.836. The van der Waals surface area contributed by atoms with Gasteiger partial charge in [0.1, 0.15) is 0 Å². The van der Waals surface area contributed by atoms with Crippen LogP contribution in [0.4, 0.5) is 0 Å². The van der Waals surface area contributed by atoms with E-state index in [1.807, 2.05) is 0 Å². The topological polar surface area (TPSA) is 159 Å². The molecule has 1 fully saturated rings. The fourth-order valence-corrected chi connectivity index (χ4v) is 3.61. The zero-order chi connectivity index (χ0) is 24.0. The number of benzene rings is 2. The SMILES string of the molecule is O=C(C=Cc1ccc(O)c(O)c1)N[C@H]1[C@@H](NC(=O)C=Cc2ccc(O)c(O)c2)CCC[C@@H]1O. The summed E-state index contributed by atoms with van der Waals surface area (Å²) in [6, 6.07) is 7.10. The highest BCUT2D eigenvalue weighted by Gasteiger charge is 2.33. The van der Waals surface area contributed by atoms with Gasteiger partial charge >= 0.3 is 0 Å². The molecule has 1 aliphatic carbocycles. The summed E-state index contributed by atoms with van der Waals surface area (Å²) < 4.78 is 0. The monoisotopic (exact) mass is 454 g/mol. The third-order valence-corrected chi connectivity index (χ3v) is 5.35. The Bertz CT molecular complexity index is 1080. The van der Waals surface area contributed by atoms with Gasteiger partial charge in [0.25, 0.3) is 0 Å². The number of nitrogens with one attached hydrogen (secondary N) is 2. The number of phenols is 4. The first-order valence-corrected chi connectivity index (χ1v) is 10.4. The van der Waals surface area contributed by atoms with E-state index in [9.17, 15) is 35.1 Å². The molecule has 0 spiro atoms. The Labute approximate surface area is 190 Å². The number of carbonyl (C=O) groups is 2. The maximum Gasteiger partial charge on any atom is 0.244 e. The summed E-state index contributed by atoms with van der Waals surface area (Å²) in [6.07, 6.45) is 6.32. The maximum atomic E-state index is 12.4. The van der Waals surface area contributed by atoms with Gasteiger partial charge in [-0.3, -0.25) is 9.59 Å². The van der Waals surface area contributed by atoms with E-state index in [2.05, 4.69) is 10.6 Å². The summed E-state index contributed by atoms with van der Waals surface area (Å²) >= 11 is 0. The molecule has 2 aromatic rings. The quantitative estimate of drug-likeness (QED) is 0.259. The Morgan fingerprint density at radius 3 is 1.79 bits per heavy atom. The van der Waals surface area contributed by atoms with Crippen molar-refractivity contribution >= 4 is 24.0 Å². The van der Waals surface area contributed by atoms with E-state index in [0.717, 1.165) is 0 Å². The number of aromatic hydroxyl groups is 4. The Hall–Kier alpha value is -3.98. The van der Waals surface area contributed by atoms with Crippen LogP contribution in [0.2, 0.25) is 0 Å². The first-order chi connectivity index (χ1) is 15.7. The van der Waals surface area contributed by atoms with Crippen molar-refractivity contribution in [2.75, 3.05) is 0 Å². The van der Waals surface area contributed by atoms with Crippen LogP contribution in [0.25, 0.3) is 12.2 Å². The van der Waals surface area contributed by atoms with Crippen LogP contribution in [0.3, 0.4) is 0 Å². The fraction of sp³-hybridized carbons (Fsp3) is 0.250. The molecule has 7 N–H and O–H groups in total. The molecule has 1 aliphatic rings. The van der Waals surface area contributed by atoms with E-state index in [1.54, 1.807) is 0 Å². The summed E-state index contributed by atoms with van der Waals surface area (Å²) in [5.74, 6) is -2.05. The average Bonchev–Trinajstić information content (AvgIpc) is 2.78. The van der Waals surface area contributed by atoms with Crippen LogP contribution in [0.5, 0.6) is 23.0 Å². The molecule has 3 atom stereocenters. The van der Waals surface area contributed by atoms with Crippen molar-refractivity contribution in [3.05, 3.63) is 59.7 Å². The zero-order valence-electron chi connectivity index (χ0n) is 17.7. The lowest BCUT2D eigenvalue weighted by atomic mass is 9.87. The molecule has 0 aliphatic heterocycles. The number of phenolic OH excluding ortho intramolecular Hbond substituents is 4. The second kappa shape index (κ2) is 10.6. The Morgan fingerprint density at radius 1 is 0.758 bits per heavy atom. The van der Waals surface area contributed by atoms with Crippen molar-refractivity contribution < 1.29 is 35.1 Å². The van der Waals surface area contributed by atoms with Crippen molar-refractivity contribution in [1.82, 2.24) is 10.6 Å². The first-order valence-electron chi connectivity index (χ1n) is 10.4. The predicted octanol–water partition coefficient (Wildman–Crippen LogP) is 1.75. The Kier molecular flexibility index (Phi) is 7.57. The minimum absolute atomic E-state index is 0.261. The van der Waals surface area contributed by atoms with Crippen LogP contribution in [-0.2, 0) is 9.59 Å². The highest BCUT2D eigenvalue weighted by molar-refractivity contribution is 5.93. The van der Waals surface area contributed by atoms with E-state index < -0.39 is 30.0 Å². The molecule has 33 heavy (non-hydrogen) atoms. The van der Waals surface area contributed by atoms with Gasteiger partial charge in [-0.15, -0.1) is 0 Å². The molecule has 0 unspecified atom stereocenters. The minimum Gasteiger partial charge on any atom is -0.504 e. The fourth-order valence-electron chi connectivity index (χ4n) is 3.61. The van der Waals surface area contributed by atoms with Gasteiger partial charge in [-0.2, -0.15) is 0 Å². The highest BCUT2D eigenvalue weighted by atomic mass is 16.3. The molecule has 2 amide bonds. The van der Waals surface area contributed by atoms with Crippen molar-refractivity contribution in [3.8, 4) is 23.0 Å². The molecule has 3 rings (SSSR count). The number of aliphatic hydroxyl groups is 1. The summed E-state index contributed by atoms with van der Waals surface area (Å²) in [6.45, 7) is 0. The molecule has 0 heterocycles. The number of rotatable bonds is 6. The molecule has 9 nitrogen and oxygen atoms in total. The largest absolute Gasteiger partial charge is 0.504 e. The molecule has 0 bridgehead atoms. The van der Waals surface area contributed by atoms with Crippen LogP contribution in [-0.4, -0.2) is 55.5 Å². The first kappa shape index (κ1) is 23.7. The van der Waals surface area contributed by atoms with Crippen LogP contribution in [0, 0.1) is 0 Å². The summed E-state index contributed by atoms with van der Waals surface area (Å²) in [5, 5.41) is 53.7. The molecule has 0 radical (unpaired) electrons. The summed E-state index contributed by atoms with van der Waals surface area (Å²) in [4.78, 5) is 24.8. The van der Waals surface area contributed by atoms with Gasteiger partial charge in [-0.1, -0.05) is 12.1 Å². The third-order valence-electron chi connectivity index (χ3n) is 5.35. The van der Waals surface area contributed by atoms with E-state index in [-0.39, 0.29) is 23.0 Å². The maximum absolute atomic E-state index is 12.4. The van der Waals surface area contributed by atoms with E-state index in [4.69, 9.17) is 0 Å². The Balaban J connectivity index is 1.62. The second-order valence-corrected chi connectivity index (χ2v) is 7.81. The van der Waals surface area contributed by atoms with Gasteiger partial charge in [0.05, 0.1) is 18.2 Å². The van der Waals surface area contributed by atoms with E-state index in [0.29, 0.717) is 30.4 Å². The summed E-state index contributed by atoms with van der Waals surface area (Å²) in [5.41, 5.74) is 1.01. The van der Waals surface area contributed by atoms with Crippen LogP contribution in [0.1, 0.15) is 30.4 Å². The number of carbonyl (C=O) groups excluding carboxylic acids is 2. The van der Waals surface area contributed by atoms with E-state index in [1.165, 1.54) is 60.7 Å². The number of aliphatic hydroxyl groups excluding tert-OH is 1. The highest BCUT2D eigenvalue weighted by Crippen LogP contribution is 2.26. The lowest BCUT2D eigenvalue weighted by Crippen LogP contribution is -2.58.